The molecule has 0 fully saturated rings. The Hall–Kier alpha value is -1.62. The molecule has 0 aliphatic carbocycles. The van der Waals surface area contributed by atoms with Gasteiger partial charge in [0.2, 0.25) is 0 Å². The summed E-state index contributed by atoms with van der Waals surface area (Å²) in [7, 11) is 0. The highest BCUT2D eigenvalue weighted by atomic mass is 16.5. The lowest BCUT2D eigenvalue weighted by Gasteiger charge is -2.14. The van der Waals surface area contributed by atoms with E-state index >= 15 is 0 Å². The second-order valence-electron chi connectivity index (χ2n) is 5.56. The number of rotatable bonds is 9. The Bertz CT molecular complexity index is 418. The van der Waals surface area contributed by atoms with E-state index < -0.39 is 6.10 Å². The van der Waals surface area contributed by atoms with E-state index in [-0.39, 0.29) is 5.91 Å². The Morgan fingerprint density at radius 3 is 2.67 bits per heavy atom. The van der Waals surface area contributed by atoms with Gasteiger partial charge in [0.1, 0.15) is 5.75 Å². The van der Waals surface area contributed by atoms with E-state index in [1.165, 1.54) is 0 Å². The molecule has 1 rings (SSSR count). The topological polar surface area (TPSA) is 63.2 Å². The molecule has 1 amide bonds. The van der Waals surface area contributed by atoms with Crippen LogP contribution in [0.15, 0.2) is 18.3 Å². The molecular formula is C16H27N3O2. The lowest BCUT2D eigenvalue weighted by atomic mass is 10.2. The summed E-state index contributed by atoms with van der Waals surface area (Å²) in [5.74, 6) is 1.14. The van der Waals surface area contributed by atoms with Crippen molar-refractivity contribution in [2.75, 3.05) is 13.1 Å². The summed E-state index contributed by atoms with van der Waals surface area (Å²) in [6.07, 6.45) is 2.07. The van der Waals surface area contributed by atoms with Crippen LogP contribution in [0.25, 0.3) is 0 Å². The first-order chi connectivity index (χ1) is 10.0. The second kappa shape index (κ2) is 9.34. The molecule has 1 atom stereocenters. The van der Waals surface area contributed by atoms with Gasteiger partial charge < -0.3 is 15.4 Å². The smallest absolute Gasteiger partial charge is 0.260 e. The summed E-state index contributed by atoms with van der Waals surface area (Å²) in [5, 5.41) is 6.14. The van der Waals surface area contributed by atoms with Gasteiger partial charge in [-0.3, -0.25) is 9.78 Å². The molecule has 0 radical (unpaired) electrons. The van der Waals surface area contributed by atoms with Crippen molar-refractivity contribution in [3.05, 3.63) is 24.0 Å². The second-order valence-corrected chi connectivity index (χ2v) is 5.56. The van der Waals surface area contributed by atoms with Crippen LogP contribution in [0.3, 0.4) is 0 Å². The van der Waals surface area contributed by atoms with E-state index in [0.29, 0.717) is 18.2 Å². The number of aromatic nitrogens is 1. The highest BCUT2D eigenvalue weighted by molar-refractivity contribution is 5.80. The fourth-order valence-electron chi connectivity index (χ4n) is 1.72. The highest BCUT2D eigenvalue weighted by Gasteiger charge is 2.13. The lowest BCUT2D eigenvalue weighted by Crippen LogP contribution is -2.36. The molecule has 1 aromatic heterocycles. The Morgan fingerprint density at radius 1 is 1.33 bits per heavy atom. The largest absolute Gasteiger partial charge is 0.479 e. The lowest BCUT2D eigenvalue weighted by molar-refractivity contribution is -0.127. The molecule has 5 nitrogen and oxygen atoms in total. The van der Waals surface area contributed by atoms with Gasteiger partial charge in [-0.05, 0) is 37.9 Å². The van der Waals surface area contributed by atoms with Crippen molar-refractivity contribution in [2.45, 2.75) is 46.8 Å². The summed E-state index contributed by atoms with van der Waals surface area (Å²) in [6, 6.07) is 3.77. The van der Waals surface area contributed by atoms with Crippen molar-refractivity contribution >= 4 is 5.91 Å². The van der Waals surface area contributed by atoms with Crippen LogP contribution in [-0.4, -0.2) is 30.1 Å². The van der Waals surface area contributed by atoms with Crippen LogP contribution in [0.4, 0.5) is 0 Å². The van der Waals surface area contributed by atoms with Crippen LogP contribution >= 0.6 is 0 Å². The maximum absolute atomic E-state index is 11.7. The zero-order valence-electron chi connectivity index (χ0n) is 13.5. The molecule has 2 N–H and O–H groups in total. The van der Waals surface area contributed by atoms with Crippen molar-refractivity contribution < 1.29 is 9.53 Å². The van der Waals surface area contributed by atoms with Crippen molar-refractivity contribution in [2.24, 2.45) is 5.92 Å². The summed E-state index contributed by atoms with van der Waals surface area (Å²) in [5.41, 5.74) is 0.964. The first-order valence-electron chi connectivity index (χ1n) is 7.63. The monoisotopic (exact) mass is 293 g/mol. The van der Waals surface area contributed by atoms with E-state index in [1.54, 1.807) is 13.1 Å². The maximum atomic E-state index is 11.7. The molecule has 0 saturated carbocycles. The number of nitrogens with zero attached hydrogens (tertiary/aromatic N) is 1. The number of ether oxygens (including phenoxy) is 1. The minimum atomic E-state index is -0.511. The predicted octanol–water partition coefficient (Wildman–Crippen LogP) is 2.12. The molecule has 0 aliphatic rings. The van der Waals surface area contributed by atoms with E-state index in [0.717, 1.165) is 25.2 Å². The normalized spacial score (nSPS) is 12.2. The Balaban J connectivity index is 2.41. The van der Waals surface area contributed by atoms with Crippen molar-refractivity contribution in [1.29, 1.82) is 0 Å². The fraction of sp³-hybridized carbons (Fsp3) is 0.625. The number of amides is 1. The molecule has 0 aliphatic heterocycles. The van der Waals surface area contributed by atoms with E-state index in [2.05, 4.69) is 29.5 Å². The molecule has 118 valence electrons. The van der Waals surface area contributed by atoms with Gasteiger partial charge in [0.15, 0.2) is 6.10 Å². The van der Waals surface area contributed by atoms with Crippen molar-refractivity contribution in [1.82, 2.24) is 15.6 Å². The number of hydrogen-bond donors (Lipinski definition) is 2. The minimum absolute atomic E-state index is 0.0977. The summed E-state index contributed by atoms with van der Waals surface area (Å²) in [6.45, 7) is 10.5. The average Bonchev–Trinajstić information content (AvgIpc) is 2.46. The predicted molar refractivity (Wildman–Crippen MR) is 84.2 cm³/mol. The molecule has 0 spiro atoms. The molecule has 0 saturated heterocycles. The molecule has 21 heavy (non-hydrogen) atoms. The number of hydrogen-bond acceptors (Lipinski definition) is 4. The Kier molecular flexibility index (Phi) is 7.75. The Labute approximate surface area is 127 Å². The van der Waals surface area contributed by atoms with Crippen LogP contribution in [0, 0.1) is 5.92 Å². The van der Waals surface area contributed by atoms with Gasteiger partial charge in [0.25, 0.3) is 5.91 Å². The number of carbonyl (C=O) groups is 1. The van der Waals surface area contributed by atoms with Gasteiger partial charge in [0.05, 0.1) is 11.9 Å². The molecular weight excluding hydrogens is 266 g/mol. The molecule has 0 bridgehead atoms. The Morgan fingerprint density at radius 2 is 2.10 bits per heavy atom. The van der Waals surface area contributed by atoms with E-state index in [9.17, 15) is 4.79 Å². The minimum Gasteiger partial charge on any atom is -0.479 e. The quantitative estimate of drug-likeness (QED) is 0.732. The van der Waals surface area contributed by atoms with Crippen LogP contribution in [0.5, 0.6) is 5.75 Å². The van der Waals surface area contributed by atoms with Crippen molar-refractivity contribution in [3.8, 4) is 5.75 Å². The fourth-order valence-corrected chi connectivity index (χ4v) is 1.72. The first kappa shape index (κ1) is 17.4. The molecule has 0 aromatic carbocycles. The van der Waals surface area contributed by atoms with Gasteiger partial charge in [0, 0.05) is 13.1 Å². The first-order valence-corrected chi connectivity index (χ1v) is 7.63. The summed E-state index contributed by atoms with van der Waals surface area (Å²) in [4.78, 5) is 16.0. The highest BCUT2D eigenvalue weighted by Crippen LogP contribution is 2.11. The molecule has 1 heterocycles. The number of carbonyl (C=O) groups excluding carboxylic acids is 1. The van der Waals surface area contributed by atoms with Gasteiger partial charge in [-0.1, -0.05) is 20.8 Å². The van der Waals surface area contributed by atoms with Gasteiger partial charge >= 0.3 is 0 Å². The maximum Gasteiger partial charge on any atom is 0.260 e. The molecule has 1 unspecified atom stereocenters. The third-order valence-electron chi connectivity index (χ3n) is 2.89. The molecule has 5 heteroatoms. The summed E-state index contributed by atoms with van der Waals surface area (Å²) < 4.78 is 5.58. The summed E-state index contributed by atoms with van der Waals surface area (Å²) >= 11 is 0. The zero-order chi connectivity index (χ0) is 15.7. The van der Waals surface area contributed by atoms with Crippen LogP contribution < -0.4 is 15.4 Å². The number of nitrogens with one attached hydrogen (secondary N) is 2. The average molecular weight is 293 g/mol. The van der Waals surface area contributed by atoms with E-state index in [1.807, 2.05) is 19.1 Å². The van der Waals surface area contributed by atoms with Gasteiger partial charge in [-0.2, -0.15) is 0 Å². The third-order valence-corrected chi connectivity index (χ3v) is 2.89. The third kappa shape index (κ3) is 7.09. The molecule has 1 aromatic rings. The zero-order valence-corrected chi connectivity index (χ0v) is 13.5. The van der Waals surface area contributed by atoms with Crippen LogP contribution in [0.1, 0.15) is 39.8 Å². The van der Waals surface area contributed by atoms with Gasteiger partial charge in [-0.15, -0.1) is 0 Å². The van der Waals surface area contributed by atoms with Crippen LogP contribution in [0.2, 0.25) is 0 Å². The standard InChI is InChI=1S/C16H27N3O2/c1-5-8-18-16(20)13(4)21-15-7-6-14(19-11-15)10-17-9-12(2)3/h6-7,11-13,17H,5,8-10H2,1-4H3,(H,18,20). The van der Waals surface area contributed by atoms with Crippen LogP contribution in [-0.2, 0) is 11.3 Å². The van der Waals surface area contributed by atoms with Gasteiger partial charge in [-0.25, -0.2) is 0 Å². The van der Waals surface area contributed by atoms with E-state index in [4.69, 9.17) is 4.74 Å². The number of pyridine rings is 1. The SMILES string of the molecule is CCCNC(=O)C(C)Oc1ccc(CNCC(C)C)nc1. The van der Waals surface area contributed by atoms with Crippen molar-refractivity contribution in [3.63, 3.8) is 0 Å².